The van der Waals surface area contributed by atoms with Crippen molar-refractivity contribution in [1.29, 1.82) is 0 Å². The van der Waals surface area contributed by atoms with Crippen LogP contribution >= 0.6 is 0 Å². The first kappa shape index (κ1) is 9.88. The molecule has 0 fully saturated rings. The second-order valence-corrected chi connectivity index (χ2v) is 3.68. The van der Waals surface area contributed by atoms with E-state index in [2.05, 4.69) is 0 Å². The van der Waals surface area contributed by atoms with E-state index in [1.54, 1.807) is 0 Å². The third kappa shape index (κ3) is 3.82. The van der Waals surface area contributed by atoms with Crippen molar-refractivity contribution >= 4 is 0 Å². The van der Waals surface area contributed by atoms with Gasteiger partial charge >= 0.3 is 0 Å². The van der Waals surface area contributed by atoms with E-state index < -0.39 is 12.3 Å². The molecule has 10 heavy (non-hydrogen) atoms. The van der Waals surface area contributed by atoms with E-state index in [0.29, 0.717) is 0 Å². The van der Waals surface area contributed by atoms with Crippen molar-refractivity contribution in [2.24, 2.45) is 11.1 Å². The molecule has 3 heteroatoms. The Balaban J connectivity index is 3.73. The third-order valence-corrected chi connectivity index (χ3v) is 1.46. The Morgan fingerprint density at radius 2 is 1.70 bits per heavy atom. The Morgan fingerprint density at radius 1 is 1.30 bits per heavy atom. The minimum atomic E-state index is -0.908. The smallest absolute Gasteiger partial charge is 0.104 e. The molecule has 0 heterocycles. The quantitative estimate of drug-likeness (QED) is 0.484. The SMILES string of the molecule is CC(C)(C)C(O)CC(N)O. The summed E-state index contributed by atoms with van der Waals surface area (Å²) in [6.07, 6.45) is -1.20. The van der Waals surface area contributed by atoms with Crippen molar-refractivity contribution in [3.05, 3.63) is 0 Å². The summed E-state index contributed by atoms with van der Waals surface area (Å²) < 4.78 is 0. The third-order valence-electron chi connectivity index (χ3n) is 1.46. The lowest BCUT2D eigenvalue weighted by atomic mass is 9.87. The van der Waals surface area contributed by atoms with Crippen molar-refractivity contribution in [1.82, 2.24) is 0 Å². The standard InChI is InChI=1S/C7H17NO2/c1-7(2,3)5(9)4-6(8)10/h5-6,9-10H,4,8H2,1-3H3. The van der Waals surface area contributed by atoms with Crippen molar-refractivity contribution in [3.63, 3.8) is 0 Å². The van der Waals surface area contributed by atoms with Crippen LogP contribution in [0, 0.1) is 5.41 Å². The average Bonchev–Trinajstić information content (AvgIpc) is 1.60. The lowest BCUT2D eigenvalue weighted by molar-refractivity contribution is 0.0156. The van der Waals surface area contributed by atoms with Crippen LogP contribution in [-0.2, 0) is 0 Å². The van der Waals surface area contributed by atoms with E-state index in [9.17, 15) is 5.11 Å². The molecule has 0 rings (SSSR count). The minimum absolute atomic E-state index is 0.194. The van der Waals surface area contributed by atoms with Gasteiger partial charge in [-0.2, -0.15) is 0 Å². The fraction of sp³-hybridized carbons (Fsp3) is 1.00. The van der Waals surface area contributed by atoms with E-state index in [4.69, 9.17) is 10.8 Å². The van der Waals surface area contributed by atoms with Crippen LogP contribution in [0.4, 0.5) is 0 Å². The number of aliphatic hydroxyl groups is 2. The normalized spacial score (nSPS) is 18.6. The summed E-state index contributed by atoms with van der Waals surface area (Å²) >= 11 is 0. The van der Waals surface area contributed by atoms with Gasteiger partial charge in [0.15, 0.2) is 0 Å². The number of hydrogen-bond donors (Lipinski definition) is 3. The van der Waals surface area contributed by atoms with Gasteiger partial charge in [0.25, 0.3) is 0 Å². The molecule has 0 aliphatic carbocycles. The first-order valence-electron chi connectivity index (χ1n) is 3.45. The van der Waals surface area contributed by atoms with E-state index in [1.165, 1.54) is 0 Å². The molecule has 4 N–H and O–H groups in total. The number of aliphatic hydroxyl groups excluding tert-OH is 2. The monoisotopic (exact) mass is 147 g/mol. The van der Waals surface area contributed by atoms with Crippen molar-refractivity contribution in [2.45, 2.75) is 39.5 Å². The van der Waals surface area contributed by atoms with Crippen LogP contribution in [0.2, 0.25) is 0 Å². The molecule has 0 radical (unpaired) electrons. The molecule has 0 amide bonds. The molecule has 3 nitrogen and oxygen atoms in total. The van der Waals surface area contributed by atoms with Gasteiger partial charge < -0.3 is 15.9 Å². The van der Waals surface area contributed by atoms with Crippen LogP contribution < -0.4 is 5.73 Å². The van der Waals surface area contributed by atoms with Gasteiger partial charge in [0.1, 0.15) is 6.23 Å². The summed E-state index contributed by atoms with van der Waals surface area (Å²) in [6.45, 7) is 5.71. The van der Waals surface area contributed by atoms with Crippen molar-refractivity contribution in [2.75, 3.05) is 0 Å². The van der Waals surface area contributed by atoms with Gasteiger partial charge in [-0.1, -0.05) is 20.8 Å². The molecule has 0 saturated heterocycles. The summed E-state index contributed by atoms with van der Waals surface area (Å²) in [6, 6.07) is 0. The summed E-state index contributed by atoms with van der Waals surface area (Å²) in [5.41, 5.74) is 4.89. The zero-order valence-corrected chi connectivity index (χ0v) is 6.83. The predicted octanol–water partition coefficient (Wildman–Crippen LogP) is 0.0606. The maximum atomic E-state index is 9.32. The minimum Gasteiger partial charge on any atom is -0.392 e. The molecule has 2 unspecified atom stereocenters. The Bertz CT molecular complexity index is 96.3. The summed E-state index contributed by atoms with van der Waals surface area (Å²) in [5, 5.41) is 18.0. The average molecular weight is 147 g/mol. The highest BCUT2D eigenvalue weighted by molar-refractivity contribution is 4.73. The van der Waals surface area contributed by atoms with Crippen LogP contribution in [0.5, 0.6) is 0 Å². The lowest BCUT2D eigenvalue weighted by Gasteiger charge is -2.26. The molecular weight excluding hydrogens is 130 g/mol. The number of nitrogens with two attached hydrogens (primary N) is 1. The molecule has 0 aliphatic heterocycles. The molecule has 0 aromatic carbocycles. The second kappa shape index (κ2) is 3.32. The van der Waals surface area contributed by atoms with Gasteiger partial charge in [0.05, 0.1) is 6.10 Å². The molecule has 0 aromatic heterocycles. The fourth-order valence-corrected chi connectivity index (χ4v) is 0.582. The highest BCUT2D eigenvalue weighted by Gasteiger charge is 2.23. The second-order valence-electron chi connectivity index (χ2n) is 3.68. The molecule has 2 atom stereocenters. The van der Waals surface area contributed by atoms with Gasteiger partial charge in [-0.15, -0.1) is 0 Å². The Morgan fingerprint density at radius 3 is 1.80 bits per heavy atom. The van der Waals surface area contributed by atoms with Crippen LogP contribution in [0.15, 0.2) is 0 Å². The van der Waals surface area contributed by atoms with Crippen molar-refractivity contribution < 1.29 is 10.2 Å². The fourth-order valence-electron chi connectivity index (χ4n) is 0.582. The topological polar surface area (TPSA) is 66.5 Å². The zero-order valence-electron chi connectivity index (χ0n) is 6.83. The molecule has 0 aromatic rings. The van der Waals surface area contributed by atoms with Crippen LogP contribution in [0.3, 0.4) is 0 Å². The molecule has 0 spiro atoms. The van der Waals surface area contributed by atoms with Gasteiger partial charge in [0.2, 0.25) is 0 Å². The molecule has 0 aliphatic rings. The van der Waals surface area contributed by atoms with E-state index >= 15 is 0 Å². The maximum Gasteiger partial charge on any atom is 0.104 e. The summed E-state index contributed by atoms with van der Waals surface area (Å²) in [7, 11) is 0. The molecule has 62 valence electrons. The lowest BCUT2D eigenvalue weighted by Crippen LogP contribution is -2.33. The van der Waals surface area contributed by atoms with Gasteiger partial charge in [-0.25, -0.2) is 0 Å². The first-order valence-corrected chi connectivity index (χ1v) is 3.45. The molecule has 0 saturated carbocycles. The zero-order chi connectivity index (χ0) is 8.36. The Labute approximate surface area is 61.9 Å². The maximum absolute atomic E-state index is 9.32. The summed E-state index contributed by atoms with van der Waals surface area (Å²) in [4.78, 5) is 0. The highest BCUT2D eigenvalue weighted by Crippen LogP contribution is 2.21. The van der Waals surface area contributed by atoms with Crippen LogP contribution in [-0.4, -0.2) is 22.5 Å². The largest absolute Gasteiger partial charge is 0.392 e. The summed E-state index contributed by atoms with van der Waals surface area (Å²) in [5.74, 6) is 0. The predicted molar refractivity (Wildman–Crippen MR) is 40.3 cm³/mol. The van der Waals surface area contributed by atoms with Gasteiger partial charge in [-0.3, -0.25) is 0 Å². The molecule has 0 bridgehead atoms. The van der Waals surface area contributed by atoms with Crippen LogP contribution in [0.25, 0.3) is 0 Å². The first-order chi connectivity index (χ1) is 4.34. The Kier molecular flexibility index (Phi) is 3.28. The van der Waals surface area contributed by atoms with Gasteiger partial charge in [0, 0.05) is 6.42 Å². The van der Waals surface area contributed by atoms with Crippen LogP contribution in [0.1, 0.15) is 27.2 Å². The highest BCUT2D eigenvalue weighted by atomic mass is 16.3. The van der Waals surface area contributed by atoms with Crippen molar-refractivity contribution in [3.8, 4) is 0 Å². The number of rotatable bonds is 2. The number of hydrogen-bond acceptors (Lipinski definition) is 3. The van der Waals surface area contributed by atoms with Gasteiger partial charge in [-0.05, 0) is 5.41 Å². The van der Waals surface area contributed by atoms with E-state index in [0.717, 1.165) is 0 Å². The molecular formula is C7H17NO2. The Hall–Kier alpha value is -0.120. The van der Waals surface area contributed by atoms with E-state index in [-0.39, 0.29) is 11.8 Å². The van der Waals surface area contributed by atoms with E-state index in [1.807, 2.05) is 20.8 Å².